The number of anilines is 2. The van der Waals surface area contributed by atoms with E-state index in [0.29, 0.717) is 22.7 Å². The summed E-state index contributed by atoms with van der Waals surface area (Å²) in [5.74, 6) is 1.17. The van der Waals surface area contributed by atoms with Crippen LogP contribution >= 0.6 is 23.4 Å². The molecule has 2 heterocycles. The number of para-hydroxylation sites is 1. The average molecular weight is 459 g/mol. The summed E-state index contributed by atoms with van der Waals surface area (Å²) in [7, 11) is 0. The van der Waals surface area contributed by atoms with Crippen LogP contribution in [-0.2, 0) is 4.79 Å². The normalized spacial score (nSPS) is 13.4. The Kier molecular flexibility index (Phi) is 6.99. The first-order chi connectivity index (χ1) is 15.1. The van der Waals surface area contributed by atoms with Gasteiger partial charge in [0.15, 0.2) is 0 Å². The first-order valence-corrected chi connectivity index (χ1v) is 11.5. The topological polar surface area (TPSA) is 80.5 Å². The van der Waals surface area contributed by atoms with Gasteiger partial charge in [-0.2, -0.15) is 0 Å². The molecule has 0 saturated carbocycles. The van der Waals surface area contributed by atoms with E-state index in [0.717, 1.165) is 48.6 Å². The van der Waals surface area contributed by atoms with Crippen LogP contribution in [0.3, 0.4) is 0 Å². The van der Waals surface area contributed by atoms with Crippen molar-refractivity contribution in [2.24, 2.45) is 0 Å². The maximum atomic E-state index is 12.5. The van der Waals surface area contributed by atoms with Crippen LogP contribution in [0.4, 0.5) is 11.4 Å². The van der Waals surface area contributed by atoms with Gasteiger partial charge in [0, 0.05) is 18.7 Å². The molecule has 9 heteroatoms. The Morgan fingerprint density at radius 1 is 1.19 bits per heavy atom. The molecule has 1 N–H and O–H groups in total. The van der Waals surface area contributed by atoms with Gasteiger partial charge in [-0.25, -0.2) is 0 Å². The van der Waals surface area contributed by atoms with Crippen molar-refractivity contribution in [3.8, 4) is 17.2 Å². The van der Waals surface area contributed by atoms with Crippen molar-refractivity contribution in [2.45, 2.75) is 25.0 Å². The molecule has 1 aromatic heterocycles. The van der Waals surface area contributed by atoms with E-state index in [-0.39, 0.29) is 11.7 Å². The van der Waals surface area contributed by atoms with Crippen molar-refractivity contribution in [3.63, 3.8) is 0 Å². The molecule has 0 aliphatic carbocycles. The number of rotatable bonds is 8. The third-order valence-corrected chi connectivity index (χ3v) is 5.95. The molecular formula is C22H23ClN4O3S. The summed E-state index contributed by atoms with van der Waals surface area (Å²) in [6.07, 6.45) is 2.25. The highest BCUT2D eigenvalue weighted by Crippen LogP contribution is 2.36. The van der Waals surface area contributed by atoms with Gasteiger partial charge in [0.2, 0.25) is 11.8 Å². The zero-order valence-electron chi connectivity index (χ0n) is 17.1. The van der Waals surface area contributed by atoms with Gasteiger partial charge in [0.25, 0.3) is 5.22 Å². The van der Waals surface area contributed by atoms with Crippen LogP contribution in [0.5, 0.6) is 5.75 Å². The van der Waals surface area contributed by atoms with E-state index in [1.54, 1.807) is 0 Å². The Morgan fingerprint density at radius 2 is 1.97 bits per heavy atom. The molecule has 0 bridgehead atoms. The van der Waals surface area contributed by atoms with Crippen LogP contribution in [0.2, 0.25) is 5.02 Å². The summed E-state index contributed by atoms with van der Waals surface area (Å²) in [6.45, 7) is 4.43. The minimum Gasteiger partial charge on any atom is -0.494 e. The van der Waals surface area contributed by atoms with Crippen molar-refractivity contribution < 1.29 is 13.9 Å². The monoisotopic (exact) mass is 458 g/mol. The van der Waals surface area contributed by atoms with Crippen LogP contribution in [0.15, 0.2) is 52.1 Å². The Balaban J connectivity index is 1.36. The number of hydrogen-bond donors (Lipinski definition) is 1. The third-order valence-electron chi connectivity index (χ3n) is 4.83. The minimum absolute atomic E-state index is 0.150. The van der Waals surface area contributed by atoms with E-state index in [4.69, 9.17) is 20.8 Å². The number of nitrogens with one attached hydrogen (secondary N) is 1. The van der Waals surface area contributed by atoms with Gasteiger partial charge in [0.05, 0.1) is 28.8 Å². The quantitative estimate of drug-likeness (QED) is 0.469. The van der Waals surface area contributed by atoms with E-state index in [1.165, 1.54) is 11.8 Å². The molecule has 2 aromatic carbocycles. The fourth-order valence-corrected chi connectivity index (χ4v) is 4.29. The first-order valence-electron chi connectivity index (χ1n) is 10.2. The lowest BCUT2D eigenvalue weighted by Gasteiger charge is -2.22. The summed E-state index contributed by atoms with van der Waals surface area (Å²) < 4.78 is 11.1. The molecule has 1 aliphatic heterocycles. The van der Waals surface area contributed by atoms with Crippen molar-refractivity contribution >= 4 is 40.6 Å². The number of thioether (sulfide) groups is 1. The number of nitrogens with zero attached hydrogens (tertiary/aromatic N) is 3. The van der Waals surface area contributed by atoms with Crippen LogP contribution in [0.25, 0.3) is 11.5 Å². The average Bonchev–Trinajstić information content (AvgIpc) is 3.46. The van der Waals surface area contributed by atoms with Crippen LogP contribution in [-0.4, -0.2) is 41.6 Å². The highest BCUT2D eigenvalue weighted by molar-refractivity contribution is 7.99. The van der Waals surface area contributed by atoms with E-state index < -0.39 is 0 Å². The molecule has 1 saturated heterocycles. The molecule has 162 valence electrons. The number of ether oxygens (including phenoxy) is 1. The predicted octanol–water partition coefficient (Wildman–Crippen LogP) is 5.12. The van der Waals surface area contributed by atoms with E-state index >= 15 is 0 Å². The molecule has 7 nitrogen and oxygen atoms in total. The molecule has 0 atom stereocenters. The summed E-state index contributed by atoms with van der Waals surface area (Å²) >= 11 is 7.61. The van der Waals surface area contributed by atoms with Crippen LogP contribution < -0.4 is 15.0 Å². The smallest absolute Gasteiger partial charge is 0.277 e. The fraction of sp³-hybridized carbons (Fsp3) is 0.318. The molecule has 0 radical (unpaired) electrons. The second-order valence-corrected chi connectivity index (χ2v) is 8.33. The lowest BCUT2D eigenvalue weighted by Crippen LogP contribution is -2.22. The van der Waals surface area contributed by atoms with Crippen LogP contribution in [0.1, 0.15) is 19.8 Å². The molecular weight excluding hydrogens is 436 g/mol. The standard InChI is InChI=1S/C22H23ClN4O3S/c1-2-29-16-10-8-15(9-11-16)21-25-26-22(30-21)31-14-19(28)24-18-7-5-6-17(23)20(18)27-12-3-4-13-27/h5-11H,2-4,12-14H2,1H3,(H,24,28). The zero-order chi connectivity index (χ0) is 21.6. The lowest BCUT2D eigenvalue weighted by molar-refractivity contribution is -0.113. The summed E-state index contributed by atoms with van der Waals surface area (Å²) in [5, 5.41) is 12.0. The van der Waals surface area contributed by atoms with E-state index in [1.807, 2.05) is 49.4 Å². The Hall–Kier alpha value is -2.71. The predicted molar refractivity (Wildman–Crippen MR) is 123 cm³/mol. The van der Waals surface area contributed by atoms with Gasteiger partial charge in [-0.05, 0) is 56.2 Å². The van der Waals surface area contributed by atoms with Crippen molar-refractivity contribution in [3.05, 3.63) is 47.5 Å². The second-order valence-electron chi connectivity index (χ2n) is 7.00. The van der Waals surface area contributed by atoms with E-state index in [2.05, 4.69) is 20.4 Å². The summed E-state index contributed by atoms with van der Waals surface area (Å²) in [4.78, 5) is 14.8. The van der Waals surface area contributed by atoms with Gasteiger partial charge in [-0.15, -0.1) is 10.2 Å². The molecule has 1 amide bonds. The maximum absolute atomic E-state index is 12.5. The Labute approximate surface area is 190 Å². The van der Waals surface area contributed by atoms with E-state index in [9.17, 15) is 4.79 Å². The number of halogens is 1. The maximum Gasteiger partial charge on any atom is 0.277 e. The van der Waals surface area contributed by atoms with Crippen molar-refractivity contribution in [1.82, 2.24) is 10.2 Å². The highest BCUT2D eigenvalue weighted by atomic mass is 35.5. The summed E-state index contributed by atoms with van der Waals surface area (Å²) in [5.41, 5.74) is 2.40. The SMILES string of the molecule is CCOc1ccc(-c2nnc(SCC(=O)Nc3cccc(Cl)c3N3CCCC3)o2)cc1. The van der Waals surface area contributed by atoms with Crippen molar-refractivity contribution in [1.29, 1.82) is 0 Å². The Morgan fingerprint density at radius 3 is 2.71 bits per heavy atom. The van der Waals surface area contributed by atoms with Gasteiger partial charge in [-0.3, -0.25) is 4.79 Å². The van der Waals surface area contributed by atoms with Gasteiger partial charge < -0.3 is 19.4 Å². The molecule has 0 unspecified atom stereocenters. The number of aromatic nitrogens is 2. The summed E-state index contributed by atoms with van der Waals surface area (Å²) in [6, 6.07) is 13.0. The molecule has 3 aromatic rings. The molecule has 31 heavy (non-hydrogen) atoms. The molecule has 1 fully saturated rings. The van der Waals surface area contributed by atoms with Gasteiger partial charge >= 0.3 is 0 Å². The van der Waals surface area contributed by atoms with Crippen molar-refractivity contribution in [2.75, 3.05) is 35.7 Å². The number of carbonyl (C=O) groups excluding carboxylic acids is 1. The third kappa shape index (κ3) is 5.32. The number of hydrogen-bond acceptors (Lipinski definition) is 7. The fourth-order valence-electron chi connectivity index (χ4n) is 3.44. The minimum atomic E-state index is -0.159. The lowest BCUT2D eigenvalue weighted by atomic mass is 10.2. The first kappa shape index (κ1) is 21.5. The number of amides is 1. The molecule has 0 spiro atoms. The van der Waals surface area contributed by atoms with Gasteiger partial charge in [0.1, 0.15) is 5.75 Å². The number of benzene rings is 2. The highest BCUT2D eigenvalue weighted by Gasteiger charge is 2.20. The zero-order valence-corrected chi connectivity index (χ0v) is 18.7. The van der Waals surface area contributed by atoms with Gasteiger partial charge in [-0.1, -0.05) is 29.4 Å². The largest absolute Gasteiger partial charge is 0.494 e. The number of carbonyl (C=O) groups is 1. The second kappa shape index (κ2) is 10.1. The molecule has 1 aliphatic rings. The van der Waals surface area contributed by atoms with Crippen LogP contribution in [0, 0.1) is 0 Å². The molecule has 4 rings (SSSR count). The Bertz CT molecular complexity index is 1040.